The van der Waals surface area contributed by atoms with Crippen molar-refractivity contribution in [3.63, 3.8) is 0 Å². The summed E-state index contributed by atoms with van der Waals surface area (Å²) in [5.74, 6) is 0.681. The van der Waals surface area contributed by atoms with Crippen LogP contribution < -0.4 is 10.5 Å². The quantitative estimate of drug-likeness (QED) is 0.734. The number of rotatable bonds is 3. The molecular formula is C17H16N2O. The van der Waals surface area contributed by atoms with E-state index in [9.17, 15) is 0 Å². The van der Waals surface area contributed by atoms with Crippen molar-refractivity contribution in [3.8, 4) is 5.88 Å². The van der Waals surface area contributed by atoms with Gasteiger partial charge >= 0.3 is 0 Å². The van der Waals surface area contributed by atoms with Gasteiger partial charge < -0.3 is 10.5 Å². The second-order valence-corrected chi connectivity index (χ2v) is 4.83. The average Bonchev–Trinajstić information content (AvgIpc) is 2.47. The molecule has 0 aliphatic heterocycles. The Morgan fingerprint density at radius 3 is 2.60 bits per heavy atom. The second-order valence-electron chi connectivity index (χ2n) is 4.83. The highest BCUT2D eigenvalue weighted by atomic mass is 16.5. The zero-order valence-electron chi connectivity index (χ0n) is 11.3. The molecule has 2 aromatic carbocycles. The Morgan fingerprint density at radius 1 is 1.05 bits per heavy atom. The summed E-state index contributed by atoms with van der Waals surface area (Å²) in [6, 6.07) is 17.8. The lowest BCUT2D eigenvalue weighted by Gasteiger charge is -2.09. The number of hydrogen-bond acceptors (Lipinski definition) is 3. The number of ether oxygens (including phenoxy) is 1. The second kappa shape index (κ2) is 5.21. The molecule has 3 aromatic rings. The molecule has 3 heteroatoms. The van der Waals surface area contributed by atoms with E-state index < -0.39 is 0 Å². The molecule has 3 nitrogen and oxygen atoms in total. The number of anilines is 1. The molecule has 0 unspecified atom stereocenters. The first-order valence-corrected chi connectivity index (χ1v) is 6.56. The Balaban J connectivity index is 1.83. The van der Waals surface area contributed by atoms with E-state index in [-0.39, 0.29) is 0 Å². The van der Waals surface area contributed by atoms with Crippen molar-refractivity contribution in [2.45, 2.75) is 13.5 Å². The summed E-state index contributed by atoms with van der Waals surface area (Å²) in [4.78, 5) is 4.56. The molecule has 100 valence electrons. The number of nitrogens with zero attached hydrogens (tertiary/aromatic N) is 1. The lowest BCUT2D eigenvalue weighted by molar-refractivity contribution is 0.293. The molecule has 0 saturated heterocycles. The Kier molecular flexibility index (Phi) is 3.25. The first kappa shape index (κ1) is 12.5. The maximum atomic E-state index is 5.82. The van der Waals surface area contributed by atoms with E-state index in [4.69, 9.17) is 10.5 Å². The largest absolute Gasteiger partial charge is 0.473 e. The highest BCUT2D eigenvalue weighted by molar-refractivity contribution is 5.79. The maximum absolute atomic E-state index is 5.82. The van der Waals surface area contributed by atoms with Crippen LogP contribution in [-0.4, -0.2) is 4.98 Å². The molecule has 0 saturated carbocycles. The summed E-state index contributed by atoms with van der Waals surface area (Å²) in [5, 5.41) is 1.13. The predicted octanol–water partition coefficient (Wildman–Crippen LogP) is 3.70. The van der Waals surface area contributed by atoms with E-state index in [1.54, 1.807) is 0 Å². The fraction of sp³-hybridized carbons (Fsp3) is 0.118. The van der Waals surface area contributed by atoms with Gasteiger partial charge in [-0.3, -0.25) is 0 Å². The van der Waals surface area contributed by atoms with Gasteiger partial charge in [-0.05, 0) is 36.8 Å². The molecule has 2 N–H and O–H groups in total. The van der Waals surface area contributed by atoms with Crippen molar-refractivity contribution >= 4 is 16.6 Å². The van der Waals surface area contributed by atoms with Crippen molar-refractivity contribution < 1.29 is 4.74 Å². The molecule has 1 aromatic heterocycles. The van der Waals surface area contributed by atoms with Crippen LogP contribution in [0.25, 0.3) is 10.9 Å². The average molecular weight is 264 g/mol. The van der Waals surface area contributed by atoms with Gasteiger partial charge in [-0.25, -0.2) is 4.98 Å². The third kappa shape index (κ3) is 2.57. The van der Waals surface area contributed by atoms with Gasteiger partial charge in [-0.15, -0.1) is 0 Å². The normalized spacial score (nSPS) is 10.7. The van der Waals surface area contributed by atoms with Crippen LogP contribution in [0.5, 0.6) is 5.88 Å². The zero-order valence-corrected chi connectivity index (χ0v) is 11.3. The molecule has 0 aliphatic carbocycles. The molecule has 1 heterocycles. The van der Waals surface area contributed by atoms with Crippen LogP contribution in [-0.2, 0) is 6.61 Å². The first-order valence-electron chi connectivity index (χ1n) is 6.56. The SMILES string of the molecule is Cc1cc2ccccc2nc1OCc1ccc(N)cc1. The van der Waals surface area contributed by atoms with E-state index in [1.165, 1.54) is 0 Å². The fourth-order valence-corrected chi connectivity index (χ4v) is 2.12. The van der Waals surface area contributed by atoms with Gasteiger partial charge in [0.05, 0.1) is 5.52 Å². The van der Waals surface area contributed by atoms with Gasteiger partial charge in [-0.2, -0.15) is 0 Å². The first-order chi connectivity index (χ1) is 9.72. The predicted molar refractivity (Wildman–Crippen MR) is 81.7 cm³/mol. The Bertz CT molecular complexity index is 736. The van der Waals surface area contributed by atoms with Gasteiger partial charge in [0.1, 0.15) is 6.61 Å². The van der Waals surface area contributed by atoms with Crippen LogP contribution in [0.2, 0.25) is 0 Å². The zero-order chi connectivity index (χ0) is 13.9. The minimum atomic E-state index is 0.493. The molecule has 0 bridgehead atoms. The Labute approximate surface area is 118 Å². The monoisotopic (exact) mass is 264 g/mol. The standard InChI is InChI=1S/C17H16N2O/c1-12-10-14-4-2-3-5-16(14)19-17(12)20-11-13-6-8-15(18)9-7-13/h2-10H,11,18H2,1H3. The van der Waals surface area contributed by atoms with Crippen molar-refractivity contribution in [3.05, 3.63) is 65.7 Å². The summed E-state index contributed by atoms with van der Waals surface area (Å²) in [6.45, 7) is 2.50. The molecule has 0 spiro atoms. The van der Waals surface area contributed by atoms with Crippen LogP contribution in [0.1, 0.15) is 11.1 Å². The van der Waals surface area contributed by atoms with E-state index in [1.807, 2.05) is 49.4 Å². The Hall–Kier alpha value is -2.55. The molecule has 20 heavy (non-hydrogen) atoms. The minimum Gasteiger partial charge on any atom is -0.473 e. The van der Waals surface area contributed by atoms with Crippen LogP contribution in [0.4, 0.5) is 5.69 Å². The number of hydrogen-bond donors (Lipinski definition) is 1. The number of nitrogens with two attached hydrogens (primary N) is 1. The van der Waals surface area contributed by atoms with E-state index in [0.717, 1.165) is 27.7 Å². The molecule has 0 radical (unpaired) electrons. The van der Waals surface area contributed by atoms with Crippen molar-refractivity contribution in [1.82, 2.24) is 4.98 Å². The van der Waals surface area contributed by atoms with Crippen molar-refractivity contribution in [2.75, 3.05) is 5.73 Å². The molecule has 0 atom stereocenters. The molecule has 0 fully saturated rings. The highest BCUT2D eigenvalue weighted by Crippen LogP contribution is 2.22. The molecule has 0 aliphatic rings. The number of nitrogen functional groups attached to an aromatic ring is 1. The van der Waals surface area contributed by atoms with E-state index in [0.29, 0.717) is 12.5 Å². The van der Waals surface area contributed by atoms with E-state index in [2.05, 4.69) is 17.1 Å². The van der Waals surface area contributed by atoms with Crippen LogP contribution in [0.3, 0.4) is 0 Å². The third-order valence-corrected chi connectivity index (χ3v) is 3.22. The Morgan fingerprint density at radius 2 is 1.80 bits per heavy atom. The van der Waals surface area contributed by atoms with Gasteiger partial charge in [0.15, 0.2) is 0 Å². The topological polar surface area (TPSA) is 48.1 Å². The molecular weight excluding hydrogens is 248 g/mol. The maximum Gasteiger partial charge on any atom is 0.217 e. The van der Waals surface area contributed by atoms with Gasteiger partial charge in [0.2, 0.25) is 5.88 Å². The van der Waals surface area contributed by atoms with Crippen LogP contribution in [0, 0.1) is 6.92 Å². The number of aryl methyl sites for hydroxylation is 1. The van der Waals surface area contributed by atoms with Gasteiger partial charge in [0, 0.05) is 16.6 Å². The summed E-state index contributed by atoms with van der Waals surface area (Å²) >= 11 is 0. The van der Waals surface area contributed by atoms with E-state index >= 15 is 0 Å². The minimum absolute atomic E-state index is 0.493. The summed E-state index contributed by atoms with van der Waals surface area (Å²) in [6.07, 6.45) is 0. The molecule has 3 rings (SSSR count). The highest BCUT2D eigenvalue weighted by Gasteiger charge is 2.04. The molecule has 0 amide bonds. The number of benzene rings is 2. The van der Waals surface area contributed by atoms with Gasteiger partial charge in [-0.1, -0.05) is 30.3 Å². The lowest BCUT2D eigenvalue weighted by Crippen LogP contribution is -1.99. The van der Waals surface area contributed by atoms with Crippen LogP contribution >= 0.6 is 0 Å². The summed E-state index contributed by atoms with van der Waals surface area (Å²) in [5.41, 5.74) is 9.49. The fourth-order valence-electron chi connectivity index (χ4n) is 2.12. The number of fused-ring (bicyclic) bond motifs is 1. The smallest absolute Gasteiger partial charge is 0.217 e. The lowest BCUT2D eigenvalue weighted by atomic mass is 10.1. The third-order valence-electron chi connectivity index (χ3n) is 3.22. The van der Waals surface area contributed by atoms with Crippen molar-refractivity contribution in [1.29, 1.82) is 0 Å². The number of pyridine rings is 1. The van der Waals surface area contributed by atoms with Crippen LogP contribution in [0.15, 0.2) is 54.6 Å². The summed E-state index contributed by atoms with van der Waals surface area (Å²) < 4.78 is 5.82. The van der Waals surface area contributed by atoms with Crippen molar-refractivity contribution in [2.24, 2.45) is 0 Å². The number of aromatic nitrogens is 1. The van der Waals surface area contributed by atoms with Gasteiger partial charge in [0.25, 0.3) is 0 Å². The number of para-hydroxylation sites is 1. The summed E-state index contributed by atoms with van der Waals surface area (Å²) in [7, 11) is 0.